The number of hydrogen-bond acceptors (Lipinski definition) is 3. The van der Waals surface area contributed by atoms with Gasteiger partial charge in [0.2, 0.25) is 0 Å². The Labute approximate surface area is 117 Å². The number of aliphatic hydroxyl groups is 1. The van der Waals surface area contributed by atoms with Crippen molar-refractivity contribution in [3.63, 3.8) is 0 Å². The lowest BCUT2D eigenvalue weighted by Gasteiger charge is -2.16. The first-order chi connectivity index (χ1) is 8.15. The van der Waals surface area contributed by atoms with E-state index in [1.165, 1.54) is 0 Å². The molecule has 17 heavy (non-hydrogen) atoms. The van der Waals surface area contributed by atoms with Crippen molar-refractivity contribution in [3.8, 4) is 0 Å². The van der Waals surface area contributed by atoms with Crippen molar-refractivity contribution in [2.75, 3.05) is 18.6 Å². The molecule has 1 atom stereocenters. The summed E-state index contributed by atoms with van der Waals surface area (Å²) in [5, 5.41) is 13.7. The Kier molecular flexibility index (Phi) is 7.32. The fourth-order valence-corrected chi connectivity index (χ4v) is 2.83. The van der Waals surface area contributed by atoms with Gasteiger partial charge in [0.15, 0.2) is 0 Å². The number of rotatable bonds is 7. The second-order valence-corrected chi connectivity index (χ2v) is 5.61. The highest BCUT2D eigenvalue weighted by atomic mass is 35.5. The Hall–Kier alpha value is 0.0700. The molecule has 0 aromatic heterocycles. The predicted octanol–water partition coefficient (Wildman–Crippen LogP) is 3.20. The van der Waals surface area contributed by atoms with Crippen LogP contribution in [-0.2, 0) is 6.54 Å². The number of aliphatic hydroxyl groups excluding tert-OH is 1. The number of halogens is 2. The summed E-state index contributed by atoms with van der Waals surface area (Å²) in [5.41, 5.74) is 1.06. The van der Waals surface area contributed by atoms with Crippen LogP contribution in [0.25, 0.3) is 0 Å². The van der Waals surface area contributed by atoms with E-state index >= 15 is 0 Å². The van der Waals surface area contributed by atoms with Gasteiger partial charge >= 0.3 is 0 Å². The Morgan fingerprint density at radius 1 is 1.29 bits per heavy atom. The third-order valence-electron chi connectivity index (χ3n) is 2.36. The summed E-state index contributed by atoms with van der Waals surface area (Å²) in [6.07, 6.45) is 2.82. The SMILES string of the molecule is CSCC(CCO)NCc1cc(Cl)cc(Cl)c1. The van der Waals surface area contributed by atoms with Gasteiger partial charge in [-0.3, -0.25) is 0 Å². The minimum absolute atomic E-state index is 0.203. The van der Waals surface area contributed by atoms with Gasteiger partial charge in [-0.25, -0.2) is 0 Å². The molecule has 0 aliphatic rings. The highest BCUT2D eigenvalue weighted by Gasteiger charge is 2.07. The normalized spacial score (nSPS) is 12.7. The lowest BCUT2D eigenvalue weighted by Crippen LogP contribution is -2.31. The van der Waals surface area contributed by atoms with E-state index in [4.69, 9.17) is 28.3 Å². The summed E-state index contributed by atoms with van der Waals surface area (Å²) in [5.74, 6) is 0.981. The lowest BCUT2D eigenvalue weighted by molar-refractivity contribution is 0.270. The molecule has 0 spiro atoms. The minimum Gasteiger partial charge on any atom is -0.396 e. The van der Waals surface area contributed by atoms with Gasteiger partial charge in [-0.15, -0.1) is 0 Å². The number of thioether (sulfide) groups is 1. The van der Waals surface area contributed by atoms with E-state index in [9.17, 15) is 0 Å². The third kappa shape index (κ3) is 5.98. The summed E-state index contributed by atoms with van der Waals surface area (Å²) in [6.45, 7) is 0.917. The second-order valence-electron chi connectivity index (χ2n) is 3.82. The Morgan fingerprint density at radius 2 is 1.94 bits per heavy atom. The van der Waals surface area contributed by atoms with E-state index in [2.05, 4.69) is 11.6 Å². The average Bonchev–Trinajstić information content (AvgIpc) is 2.25. The van der Waals surface area contributed by atoms with E-state index in [-0.39, 0.29) is 6.61 Å². The lowest BCUT2D eigenvalue weighted by atomic mass is 10.2. The van der Waals surface area contributed by atoms with E-state index in [0.717, 1.165) is 17.7 Å². The van der Waals surface area contributed by atoms with E-state index < -0.39 is 0 Å². The molecule has 0 amide bonds. The van der Waals surface area contributed by atoms with Gasteiger partial charge in [0.1, 0.15) is 0 Å². The van der Waals surface area contributed by atoms with E-state index in [0.29, 0.717) is 22.6 Å². The molecule has 2 nitrogen and oxygen atoms in total. The smallest absolute Gasteiger partial charge is 0.0446 e. The molecular formula is C12H17Cl2NOS. The zero-order valence-electron chi connectivity index (χ0n) is 9.75. The van der Waals surface area contributed by atoms with Crippen molar-refractivity contribution < 1.29 is 5.11 Å². The summed E-state index contributed by atoms with van der Waals surface area (Å²) < 4.78 is 0. The first-order valence-electron chi connectivity index (χ1n) is 5.44. The molecule has 0 aliphatic carbocycles. The fraction of sp³-hybridized carbons (Fsp3) is 0.500. The topological polar surface area (TPSA) is 32.3 Å². The second kappa shape index (κ2) is 8.22. The van der Waals surface area contributed by atoms with E-state index in [1.807, 2.05) is 12.1 Å². The van der Waals surface area contributed by atoms with Crippen LogP contribution >= 0.6 is 35.0 Å². The third-order valence-corrected chi connectivity index (χ3v) is 3.53. The summed E-state index contributed by atoms with van der Waals surface area (Å²) in [4.78, 5) is 0. The monoisotopic (exact) mass is 293 g/mol. The molecule has 2 N–H and O–H groups in total. The molecule has 0 bridgehead atoms. The molecule has 0 saturated carbocycles. The van der Waals surface area contributed by atoms with Crippen LogP contribution in [0, 0.1) is 0 Å². The predicted molar refractivity (Wildman–Crippen MR) is 77.2 cm³/mol. The van der Waals surface area contributed by atoms with Crippen LogP contribution in [0.2, 0.25) is 10.0 Å². The minimum atomic E-state index is 0.203. The summed E-state index contributed by atoms with van der Waals surface area (Å²) in [7, 11) is 0. The van der Waals surface area contributed by atoms with Crippen molar-refractivity contribution in [2.45, 2.75) is 19.0 Å². The first kappa shape index (κ1) is 15.1. The van der Waals surface area contributed by atoms with Gasteiger partial charge in [0.05, 0.1) is 0 Å². The standard InChI is InChI=1S/C12H17Cl2NOS/c1-17-8-12(2-3-16)15-7-9-4-10(13)6-11(14)5-9/h4-6,12,15-16H,2-3,7-8H2,1H3. The van der Waals surface area contributed by atoms with Crippen LogP contribution in [0.4, 0.5) is 0 Å². The molecule has 1 rings (SSSR count). The van der Waals surface area contributed by atoms with Crippen molar-refractivity contribution in [1.29, 1.82) is 0 Å². The first-order valence-corrected chi connectivity index (χ1v) is 7.59. The van der Waals surface area contributed by atoms with Crippen LogP contribution < -0.4 is 5.32 Å². The van der Waals surface area contributed by atoms with Crippen molar-refractivity contribution in [2.24, 2.45) is 0 Å². The van der Waals surface area contributed by atoms with Gasteiger partial charge in [0.25, 0.3) is 0 Å². The van der Waals surface area contributed by atoms with Crippen molar-refractivity contribution >= 4 is 35.0 Å². The molecule has 0 fully saturated rings. The fourth-order valence-electron chi connectivity index (χ4n) is 1.58. The molecule has 0 heterocycles. The van der Waals surface area contributed by atoms with Crippen molar-refractivity contribution in [1.82, 2.24) is 5.32 Å². The molecule has 0 radical (unpaired) electrons. The van der Waals surface area contributed by atoms with Crippen LogP contribution in [0.15, 0.2) is 18.2 Å². The average molecular weight is 294 g/mol. The number of hydrogen-bond donors (Lipinski definition) is 2. The molecular weight excluding hydrogens is 277 g/mol. The number of benzene rings is 1. The maximum absolute atomic E-state index is 8.96. The quantitative estimate of drug-likeness (QED) is 0.810. The molecule has 1 unspecified atom stereocenters. The maximum Gasteiger partial charge on any atom is 0.0446 e. The molecule has 5 heteroatoms. The van der Waals surface area contributed by atoms with Crippen LogP contribution in [0.5, 0.6) is 0 Å². The summed E-state index contributed by atoms with van der Waals surface area (Å²) >= 11 is 13.6. The Morgan fingerprint density at radius 3 is 2.47 bits per heavy atom. The number of nitrogens with one attached hydrogen (secondary N) is 1. The Bertz CT molecular complexity index is 323. The maximum atomic E-state index is 8.96. The molecule has 0 saturated heterocycles. The van der Waals surface area contributed by atoms with Gasteiger partial charge in [0, 0.05) is 35.0 Å². The molecule has 1 aromatic rings. The van der Waals surface area contributed by atoms with Crippen molar-refractivity contribution in [3.05, 3.63) is 33.8 Å². The summed E-state index contributed by atoms with van der Waals surface area (Å²) in [6, 6.07) is 5.83. The van der Waals surface area contributed by atoms with Gasteiger partial charge in [-0.05, 0) is 36.4 Å². The van der Waals surface area contributed by atoms with Gasteiger partial charge < -0.3 is 10.4 Å². The highest BCUT2D eigenvalue weighted by Crippen LogP contribution is 2.19. The zero-order chi connectivity index (χ0) is 12.7. The van der Waals surface area contributed by atoms with Gasteiger partial charge in [-0.1, -0.05) is 23.2 Å². The highest BCUT2D eigenvalue weighted by molar-refractivity contribution is 7.98. The largest absolute Gasteiger partial charge is 0.396 e. The molecule has 0 aliphatic heterocycles. The molecule has 96 valence electrons. The van der Waals surface area contributed by atoms with Crippen LogP contribution in [-0.4, -0.2) is 29.8 Å². The molecule has 1 aromatic carbocycles. The van der Waals surface area contributed by atoms with E-state index in [1.54, 1.807) is 17.8 Å². The zero-order valence-corrected chi connectivity index (χ0v) is 12.1. The van der Waals surface area contributed by atoms with Crippen LogP contribution in [0.3, 0.4) is 0 Å². The van der Waals surface area contributed by atoms with Gasteiger partial charge in [-0.2, -0.15) is 11.8 Å². The van der Waals surface area contributed by atoms with Crippen LogP contribution in [0.1, 0.15) is 12.0 Å². The Balaban J connectivity index is 2.52.